The number of carbonyl (C=O) groups excluding carboxylic acids is 1. The van der Waals surface area contributed by atoms with Gasteiger partial charge in [-0.3, -0.25) is 4.79 Å². The second kappa shape index (κ2) is 8.10. The average molecular weight is 386 g/mol. The fraction of sp³-hybridized carbons (Fsp3) is 0.0833. The van der Waals surface area contributed by atoms with Gasteiger partial charge in [0.05, 0.1) is 5.69 Å². The van der Waals surface area contributed by atoms with E-state index in [0.29, 0.717) is 23.6 Å². The maximum Gasteiger partial charge on any atom is 0.278 e. The molecular weight excluding hydrogens is 367 g/mol. The van der Waals surface area contributed by atoms with E-state index in [2.05, 4.69) is 5.10 Å². The summed E-state index contributed by atoms with van der Waals surface area (Å²) in [4.78, 5) is 12.7. The minimum Gasteiger partial charge on any atom is -0.488 e. The molecule has 1 heterocycles. The molecule has 4 rings (SSSR count). The highest BCUT2D eigenvalue weighted by atomic mass is 19.1. The molecule has 0 fully saturated rings. The van der Waals surface area contributed by atoms with Crippen LogP contribution in [0.25, 0.3) is 11.3 Å². The van der Waals surface area contributed by atoms with Gasteiger partial charge in [-0.15, -0.1) is 0 Å². The summed E-state index contributed by atoms with van der Waals surface area (Å²) in [7, 11) is 0. The molecule has 0 N–H and O–H groups in total. The predicted molar refractivity (Wildman–Crippen MR) is 109 cm³/mol. The lowest BCUT2D eigenvalue weighted by molar-refractivity contribution is 0.0945. The molecule has 5 heteroatoms. The molecule has 0 aliphatic carbocycles. The van der Waals surface area contributed by atoms with Crippen molar-refractivity contribution in [3.05, 3.63) is 108 Å². The van der Waals surface area contributed by atoms with Gasteiger partial charge in [-0.2, -0.15) is 5.10 Å². The zero-order chi connectivity index (χ0) is 20.2. The quantitative estimate of drug-likeness (QED) is 0.470. The third-order valence-corrected chi connectivity index (χ3v) is 4.57. The number of aromatic nitrogens is 2. The van der Waals surface area contributed by atoms with Gasteiger partial charge in [0.15, 0.2) is 0 Å². The Bertz CT molecular complexity index is 1130. The maximum atomic E-state index is 13.1. The summed E-state index contributed by atoms with van der Waals surface area (Å²) >= 11 is 0. The molecule has 0 aliphatic heterocycles. The first-order valence-electron chi connectivity index (χ1n) is 9.24. The van der Waals surface area contributed by atoms with E-state index in [1.807, 2.05) is 43.3 Å². The summed E-state index contributed by atoms with van der Waals surface area (Å²) in [5, 5.41) is 4.44. The van der Waals surface area contributed by atoms with Gasteiger partial charge in [0, 0.05) is 17.3 Å². The smallest absolute Gasteiger partial charge is 0.278 e. The first kappa shape index (κ1) is 18.6. The SMILES string of the molecule is Cc1ccc(C(=O)n2ccc(-c3ccccc3OCc3ccc(F)cc3)n2)cc1. The highest BCUT2D eigenvalue weighted by molar-refractivity contribution is 5.95. The van der Waals surface area contributed by atoms with Gasteiger partial charge in [-0.05, 0) is 55.0 Å². The number of benzene rings is 3. The number of rotatable bonds is 5. The van der Waals surface area contributed by atoms with Gasteiger partial charge in [0.2, 0.25) is 0 Å². The van der Waals surface area contributed by atoms with Crippen molar-refractivity contribution in [3.8, 4) is 17.0 Å². The van der Waals surface area contributed by atoms with E-state index in [-0.39, 0.29) is 11.7 Å². The molecule has 0 radical (unpaired) electrons. The molecule has 3 aromatic carbocycles. The Morgan fingerprint density at radius 1 is 0.966 bits per heavy atom. The second-order valence-corrected chi connectivity index (χ2v) is 6.73. The largest absolute Gasteiger partial charge is 0.488 e. The van der Waals surface area contributed by atoms with Gasteiger partial charge >= 0.3 is 0 Å². The van der Waals surface area contributed by atoms with Gasteiger partial charge in [0.25, 0.3) is 5.91 Å². The predicted octanol–water partition coefficient (Wildman–Crippen LogP) is 5.27. The van der Waals surface area contributed by atoms with Crippen molar-refractivity contribution in [1.82, 2.24) is 9.78 Å². The molecule has 0 amide bonds. The Balaban J connectivity index is 1.55. The molecule has 0 bridgehead atoms. The summed E-state index contributed by atoms with van der Waals surface area (Å²) in [6, 6.07) is 22.9. The first-order chi connectivity index (χ1) is 14.1. The zero-order valence-electron chi connectivity index (χ0n) is 15.9. The molecule has 0 saturated carbocycles. The van der Waals surface area contributed by atoms with Crippen LogP contribution in [0.3, 0.4) is 0 Å². The molecule has 0 unspecified atom stereocenters. The molecule has 0 atom stereocenters. The van der Waals surface area contributed by atoms with Gasteiger partial charge in [0.1, 0.15) is 18.2 Å². The third kappa shape index (κ3) is 4.24. The summed E-state index contributed by atoms with van der Waals surface area (Å²) in [6.45, 7) is 2.28. The van der Waals surface area contributed by atoms with E-state index in [1.165, 1.54) is 16.8 Å². The van der Waals surface area contributed by atoms with E-state index in [0.717, 1.165) is 16.7 Å². The molecule has 1 aromatic heterocycles. The van der Waals surface area contributed by atoms with Crippen molar-refractivity contribution in [2.45, 2.75) is 13.5 Å². The molecule has 29 heavy (non-hydrogen) atoms. The van der Waals surface area contributed by atoms with Crippen molar-refractivity contribution in [1.29, 1.82) is 0 Å². The van der Waals surface area contributed by atoms with Crippen LogP contribution in [0.5, 0.6) is 5.75 Å². The highest BCUT2D eigenvalue weighted by Gasteiger charge is 2.13. The molecule has 4 aromatic rings. The number of carbonyl (C=O) groups is 1. The Morgan fingerprint density at radius 2 is 1.69 bits per heavy atom. The van der Waals surface area contributed by atoms with Crippen LogP contribution < -0.4 is 4.74 Å². The van der Waals surface area contributed by atoms with Gasteiger partial charge in [-0.25, -0.2) is 9.07 Å². The van der Waals surface area contributed by atoms with E-state index >= 15 is 0 Å². The van der Waals surface area contributed by atoms with Crippen LogP contribution in [0.15, 0.2) is 85.1 Å². The number of para-hydroxylation sites is 1. The van der Waals surface area contributed by atoms with Crippen molar-refractivity contribution >= 4 is 5.91 Å². The lowest BCUT2D eigenvalue weighted by Crippen LogP contribution is -2.12. The Morgan fingerprint density at radius 3 is 2.45 bits per heavy atom. The van der Waals surface area contributed by atoms with E-state index in [4.69, 9.17) is 4.74 Å². The summed E-state index contributed by atoms with van der Waals surface area (Å²) in [6.07, 6.45) is 1.65. The van der Waals surface area contributed by atoms with Crippen molar-refractivity contribution in [3.63, 3.8) is 0 Å². The molecule has 0 saturated heterocycles. The van der Waals surface area contributed by atoms with Crippen molar-refractivity contribution < 1.29 is 13.9 Å². The summed E-state index contributed by atoms with van der Waals surface area (Å²) < 4.78 is 20.3. The minimum absolute atomic E-state index is 0.194. The number of ether oxygens (including phenoxy) is 1. The molecule has 144 valence electrons. The monoisotopic (exact) mass is 386 g/mol. The Labute approximate surface area is 168 Å². The number of hydrogen-bond donors (Lipinski definition) is 0. The third-order valence-electron chi connectivity index (χ3n) is 4.57. The Hall–Kier alpha value is -3.73. The van der Waals surface area contributed by atoms with Crippen molar-refractivity contribution in [2.24, 2.45) is 0 Å². The second-order valence-electron chi connectivity index (χ2n) is 6.73. The van der Waals surface area contributed by atoms with E-state index in [9.17, 15) is 9.18 Å². The van der Waals surface area contributed by atoms with Crippen LogP contribution in [-0.4, -0.2) is 15.7 Å². The molecular formula is C24H19FN2O2. The van der Waals surface area contributed by atoms with Crippen molar-refractivity contribution in [2.75, 3.05) is 0 Å². The van der Waals surface area contributed by atoms with Crippen LogP contribution in [0, 0.1) is 12.7 Å². The fourth-order valence-electron chi connectivity index (χ4n) is 2.95. The standard InChI is InChI=1S/C24H19FN2O2/c1-17-6-10-19(11-7-17)24(28)27-15-14-22(26-27)21-4-2-3-5-23(21)29-16-18-8-12-20(25)13-9-18/h2-15H,16H2,1H3. The van der Waals surface area contributed by atoms with Crippen LogP contribution in [0.2, 0.25) is 0 Å². The minimum atomic E-state index is -0.280. The molecule has 0 spiro atoms. The van der Waals surface area contributed by atoms with E-state index < -0.39 is 0 Å². The van der Waals surface area contributed by atoms with Crippen LogP contribution in [-0.2, 0) is 6.61 Å². The number of halogens is 1. The molecule has 0 aliphatic rings. The average Bonchev–Trinajstić information content (AvgIpc) is 3.24. The van der Waals surface area contributed by atoms with Crippen LogP contribution >= 0.6 is 0 Å². The Kier molecular flexibility index (Phi) is 5.20. The van der Waals surface area contributed by atoms with Crippen LogP contribution in [0.1, 0.15) is 21.5 Å². The number of aryl methyl sites for hydroxylation is 1. The first-order valence-corrected chi connectivity index (χ1v) is 9.24. The van der Waals surface area contributed by atoms with E-state index in [1.54, 1.807) is 36.5 Å². The summed E-state index contributed by atoms with van der Waals surface area (Å²) in [5.74, 6) is 0.170. The zero-order valence-corrected chi connectivity index (χ0v) is 15.9. The lowest BCUT2D eigenvalue weighted by Gasteiger charge is -2.10. The topological polar surface area (TPSA) is 44.1 Å². The lowest BCUT2D eigenvalue weighted by atomic mass is 10.1. The number of hydrogen-bond acceptors (Lipinski definition) is 3. The summed E-state index contributed by atoms with van der Waals surface area (Å²) in [5.41, 5.74) is 3.95. The van der Waals surface area contributed by atoms with Gasteiger partial charge in [-0.1, -0.05) is 42.0 Å². The fourth-order valence-corrected chi connectivity index (χ4v) is 2.95. The normalized spacial score (nSPS) is 10.7. The maximum absolute atomic E-state index is 13.1. The number of nitrogens with zero attached hydrogens (tertiary/aromatic N) is 2. The molecule has 4 nitrogen and oxygen atoms in total. The highest BCUT2D eigenvalue weighted by Crippen LogP contribution is 2.29. The van der Waals surface area contributed by atoms with Crippen LogP contribution in [0.4, 0.5) is 4.39 Å². The van der Waals surface area contributed by atoms with Gasteiger partial charge < -0.3 is 4.74 Å².